The molecule has 0 radical (unpaired) electrons. The molecule has 2 aliphatic carbocycles. The average molecular weight is 266 g/mol. The highest BCUT2D eigenvalue weighted by atomic mass is 16.3. The molecule has 1 heteroatoms. The van der Waals surface area contributed by atoms with Crippen molar-refractivity contribution in [1.29, 1.82) is 0 Å². The van der Waals surface area contributed by atoms with Crippen molar-refractivity contribution in [2.24, 2.45) is 23.2 Å². The molecule has 2 saturated carbocycles. The van der Waals surface area contributed by atoms with Gasteiger partial charge in [0.15, 0.2) is 0 Å². The zero-order chi connectivity index (χ0) is 13.9. The third kappa shape index (κ3) is 3.54. The van der Waals surface area contributed by atoms with E-state index in [1.807, 2.05) is 0 Å². The summed E-state index contributed by atoms with van der Waals surface area (Å²) in [7, 11) is 0. The van der Waals surface area contributed by atoms with Gasteiger partial charge in [-0.2, -0.15) is 0 Å². The second kappa shape index (κ2) is 6.61. The first-order chi connectivity index (χ1) is 9.09. The fourth-order valence-corrected chi connectivity index (χ4v) is 4.69. The lowest BCUT2D eigenvalue weighted by atomic mass is 9.62. The Kier molecular flexibility index (Phi) is 5.34. The second-order valence-corrected chi connectivity index (χ2v) is 7.54. The van der Waals surface area contributed by atoms with Crippen LogP contribution in [0.15, 0.2) is 0 Å². The maximum Gasteiger partial charge on any atom is 0.0540 e. The van der Waals surface area contributed by atoms with Gasteiger partial charge in [0.1, 0.15) is 0 Å². The highest BCUT2D eigenvalue weighted by Gasteiger charge is 2.36. The molecular formula is C18H34O. The van der Waals surface area contributed by atoms with Crippen molar-refractivity contribution < 1.29 is 5.11 Å². The normalized spacial score (nSPS) is 37.3. The van der Waals surface area contributed by atoms with Crippen molar-refractivity contribution in [1.82, 2.24) is 0 Å². The molecule has 0 aromatic heterocycles. The molecule has 19 heavy (non-hydrogen) atoms. The zero-order valence-electron chi connectivity index (χ0n) is 13.3. The fraction of sp³-hybridized carbons (Fsp3) is 1.00. The van der Waals surface area contributed by atoms with E-state index in [1.165, 1.54) is 51.4 Å². The first-order valence-corrected chi connectivity index (χ1v) is 8.77. The predicted octanol–water partition coefficient (Wildman–Crippen LogP) is 5.17. The van der Waals surface area contributed by atoms with Crippen molar-refractivity contribution in [3.05, 3.63) is 0 Å². The van der Waals surface area contributed by atoms with Gasteiger partial charge in [0.05, 0.1) is 6.10 Å². The molecule has 0 heterocycles. The van der Waals surface area contributed by atoms with Crippen LogP contribution in [-0.4, -0.2) is 11.2 Å². The number of rotatable bonds is 4. The minimum absolute atomic E-state index is 0.0102. The summed E-state index contributed by atoms with van der Waals surface area (Å²) in [5.41, 5.74) is 0.591. The van der Waals surface area contributed by atoms with Crippen molar-refractivity contribution >= 4 is 0 Å². The summed E-state index contributed by atoms with van der Waals surface area (Å²) in [4.78, 5) is 0. The molecule has 0 aromatic rings. The minimum atomic E-state index is 0.0102. The van der Waals surface area contributed by atoms with E-state index in [-0.39, 0.29) is 6.10 Å². The van der Waals surface area contributed by atoms with Crippen LogP contribution in [0.5, 0.6) is 0 Å². The summed E-state index contributed by atoms with van der Waals surface area (Å²) in [6.45, 7) is 7.26. The van der Waals surface area contributed by atoms with E-state index in [2.05, 4.69) is 20.8 Å². The summed E-state index contributed by atoms with van der Waals surface area (Å²) in [5, 5.41) is 9.64. The molecule has 2 fully saturated rings. The van der Waals surface area contributed by atoms with Gasteiger partial charge in [0.2, 0.25) is 0 Å². The van der Waals surface area contributed by atoms with Gasteiger partial charge < -0.3 is 5.11 Å². The van der Waals surface area contributed by atoms with E-state index >= 15 is 0 Å². The van der Waals surface area contributed by atoms with E-state index in [0.29, 0.717) is 5.41 Å². The molecule has 1 nitrogen and oxygen atoms in total. The first kappa shape index (κ1) is 15.4. The Bertz CT molecular complexity index is 253. The van der Waals surface area contributed by atoms with Gasteiger partial charge in [0.25, 0.3) is 0 Å². The van der Waals surface area contributed by atoms with Crippen LogP contribution in [0.1, 0.15) is 85.0 Å². The van der Waals surface area contributed by atoms with Gasteiger partial charge in [-0.05, 0) is 74.5 Å². The van der Waals surface area contributed by atoms with Crippen LogP contribution in [0.25, 0.3) is 0 Å². The van der Waals surface area contributed by atoms with E-state index < -0.39 is 0 Å². The van der Waals surface area contributed by atoms with Gasteiger partial charge in [0, 0.05) is 0 Å². The average Bonchev–Trinajstić information content (AvgIpc) is 2.47. The Morgan fingerprint density at radius 2 is 1.21 bits per heavy atom. The molecule has 2 rings (SSSR count). The summed E-state index contributed by atoms with van der Waals surface area (Å²) in [6, 6.07) is 0. The monoisotopic (exact) mass is 266 g/mol. The number of aliphatic hydroxyl groups excluding tert-OH is 1. The molecule has 0 amide bonds. The zero-order valence-corrected chi connectivity index (χ0v) is 13.3. The Morgan fingerprint density at radius 1 is 0.789 bits per heavy atom. The van der Waals surface area contributed by atoms with Gasteiger partial charge in [-0.1, -0.05) is 33.6 Å². The van der Waals surface area contributed by atoms with Crippen molar-refractivity contribution in [3.8, 4) is 0 Å². The minimum Gasteiger partial charge on any atom is -0.393 e. The maximum absolute atomic E-state index is 9.64. The van der Waals surface area contributed by atoms with Gasteiger partial charge >= 0.3 is 0 Å². The number of hydrogen-bond acceptors (Lipinski definition) is 1. The molecule has 0 aromatic carbocycles. The van der Waals surface area contributed by atoms with Gasteiger partial charge in [-0.15, -0.1) is 0 Å². The van der Waals surface area contributed by atoms with Crippen LogP contribution < -0.4 is 0 Å². The second-order valence-electron chi connectivity index (χ2n) is 7.54. The molecule has 0 unspecified atom stereocenters. The third-order valence-electron chi connectivity index (χ3n) is 6.78. The topological polar surface area (TPSA) is 20.2 Å². The summed E-state index contributed by atoms with van der Waals surface area (Å²) in [5.74, 6) is 2.87. The largest absolute Gasteiger partial charge is 0.393 e. The predicted molar refractivity (Wildman–Crippen MR) is 82.1 cm³/mol. The van der Waals surface area contributed by atoms with Crippen LogP contribution in [0, 0.1) is 23.2 Å². The number of hydrogen-bond donors (Lipinski definition) is 1. The Morgan fingerprint density at radius 3 is 1.63 bits per heavy atom. The van der Waals surface area contributed by atoms with Gasteiger partial charge in [-0.25, -0.2) is 0 Å². The smallest absolute Gasteiger partial charge is 0.0540 e. The molecule has 112 valence electrons. The van der Waals surface area contributed by atoms with Crippen molar-refractivity contribution in [2.45, 2.75) is 91.1 Å². The van der Waals surface area contributed by atoms with Crippen LogP contribution >= 0.6 is 0 Å². The van der Waals surface area contributed by atoms with Crippen LogP contribution in [-0.2, 0) is 0 Å². The van der Waals surface area contributed by atoms with Crippen LogP contribution in [0.4, 0.5) is 0 Å². The lowest BCUT2D eigenvalue weighted by Crippen LogP contribution is -2.33. The molecule has 0 saturated heterocycles. The quantitative estimate of drug-likeness (QED) is 0.744. The third-order valence-corrected chi connectivity index (χ3v) is 6.78. The van der Waals surface area contributed by atoms with E-state index in [1.54, 1.807) is 0 Å². The van der Waals surface area contributed by atoms with E-state index in [4.69, 9.17) is 0 Å². The standard InChI is InChI=1S/C18H34O/c1-4-18(3,5-2)16-10-6-14(7-11-16)15-8-12-17(19)13-9-15/h14-17,19H,4-13H2,1-3H3. The first-order valence-electron chi connectivity index (χ1n) is 8.77. The molecule has 0 bridgehead atoms. The van der Waals surface area contributed by atoms with Crippen molar-refractivity contribution in [2.75, 3.05) is 0 Å². The summed E-state index contributed by atoms with van der Waals surface area (Å²) < 4.78 is 0. The molecule has 0 spiro atoms. The summed E-state index contributed by atoms with van der Waals surface area (Å²) in [6.07, 6.45) is 13.2. The molecule has 2 aliphatic rings. The van der Waals surface area contributed by atoms with E-state index in [9.17, 15) is 5.11 Å². The van der Waals surface area contributed by atoms with E-state index in [0.717, 1.165) is 30.6 Å². The Balaban J connectivity index is 1.82. The lowest BCUT2D eigenvalue weighted by Gasteiger charge is -2.43. The number of aliphatic hydroxyl groups is 1. The SMILES string of the molecule is CCC(C)(CC)C1CCC(C2CCC(O)CC2)CC1. The molecular weight excluding hydrogens is 232 g/mol. The summed E-state index contributed by atoms with van der Waals surface area (Å²) >= 11 is 0. The van der Waals surface area contributed by atoms with Crippen LogP contribution in [0.2, 0.25) is 0 Å². The highest BCUT2D eigenvalue weighted by Crippen LogP contribution is 2.47. The fourth-order valence-electron chi connectivity index (χ4n) is 4.69. The lowest BCUT2D eigenvalue weighted by molar-refractivity contribution is 0.0539. The molecule has 0 atom stereocenters. The molecule has 0 aliphatic heterocycles. The van der Waals surface area contributed by atoms with Crippen LogP contribution in [0.3, 0.4) is 0 Å². The van der Waals surface area contributed by atoms with Gasteiger partial charge in [-0.3, -0.25) is 0 Å². The Hall–Kier alpha value is -0.0400. The molecule has 1 N–H and O–H groups in total. The van der Waals surface area contributed by atoms with Crippen molar-refractivity contribution in [3.63, 3.8) is 0 Å². The Labute approximate surface area is 120 Å². The maximum atomic E-state index is 9.64. The highest BCUT2D eigenvalue weighted by molar-refractivity contribution is 4.87.